The molecule has 20 heavy (non-hydrogen) atoms. The van der Waals surface area contributed by atoms with Gasteiger partial charge in [0.1, 0.15) is 0 Å². The van der Waals surface area contributed by atoms with Crippen LogP contribution < -0.4 is 10.7 Å². The molecule has 0 aliphatic heterocycles. The van der Waals surface area contributed by atoms with Crippen molar-refractivity contribution in [3.05, 3.63) is 36.0 Å². The van der Waals surface area contributed by atoms with E-state index in [1.807, 2.05) is 24.3 Å². The summed E-state index contributed by atoms with van der Waals surface area (Å²) in [6.45, 7) is 0. The summed E-state index contributed by atoms with van der Waals surface area (Å²) in [5.41, 5.74) is 4.07. The average Bonchev–Trinajstić information content (AvgIpc) is 3.18. The number of rotatable bonds is 3. The van der Waals surface area contributed by atoms with Crippen molar-refractivity contribution in [1.82, 2.24) is 15.7 Å². The molecule has 1 aliphatic rings. The van der Waals surface area contributed by atoms with Crippen LogP contribution in [0.3, 0.4) is 0 Å². The maximum atomic E-state index is 11.5. The number of hydrogen-bond donors (Lipinski definition) is 3. The molecule has 3 rings (SSSR count). The van der Waals surface area contributed by atoms with Gasteiger partial charge in [0.2, 0.25) is 0 Å². The van der Waals surface area contributed by atoms with E-state index in [9.17, 15) is 9.59 Å². The fourth-order valence-corrected chi connectivity index (χ4v) is 1.89. The molecular formula is C14H14N4O2. The van der Waals surface area contributed by atoms with E-state index in [-0.39, 0.29) is 6.04 Å². The predicted octanol–water partition coefficient (Wildman–Crippen LogP) is 0.897. The van der Waals surface area contributed by atoms with Crippen molar-refractivity contribution >= 4 is 28.9 Å². The second-order valence-electron chi connectivity index (χ2n) is 4.74. The van der Waals surface area contributed by atoms with E-state index >= 15 is 0 Å². The van der Waals surface area contributed by atoms with Crippen LogP contribution in [-0.4, -0.2) is 29.1 Å². The van der Waals surface area contributed by atoms with Gasteiger partial charge in [0.15, 0.2) is 0 Å². The number of nitrogens with zero attached hydrogens (tertiary/aromatic N) is 1. The van der Waals surface area contributed by atoms with Crippen LogP contribution in [0.5, 0.6) is 0 Å². The first-order valence-electron chi connectivity index (χ1n) is 6.44. The number of carbonyl (C=O) groups is 2. The first kappa shape index (κ1) is 12.4. The molecule has 0 unspecified atom stereocenters. The molecule has 1 fully saturated rings. The van der Waals surface area contributed by atoms with Crippen LogP contribution >= 0.6 is 0 Å². The van der Waals surface area contributed by atoms with Crippen LogP contribution in [0, 0.1) is 0 Å². The van der Waals surface area contributed by atoms with Crippen molar-refractivity contribution in [3.63, 3.8) is 0 Å². The van der Waals surface area contributed by atoms with Gasteiger partial charge < -0.3 is 10.3 Å². The van der Waals surface area contributed by atoms with Gasteiger partial charge in [-0.2, -0.15) is 5.10 Å². The van der Waals surface area contributed by atoms with Gasteiger partial charge in [-0.05, 0) is 18.9 Å². The molecule has 1 heterocycles. The number of amides is 2. The zero-order valence-corrected chi connectivity index (χ0v) is 10.7. The second-order valence-corrected chi connectivity index (χ2v) is 4.74. The van der Waals surface area contributed by atoms with E-state index in [1.54, 1.807) is 6.20 Å². The summed E-state index contributed by atoms with van der Waals surface area (Å²) in [5, 5.41) is 7.41. The lowest BCUT2D eigenvalue weighted by Crippen LogP contribution is -2.38. The molecule has 0 radical (unpaired) electrons. The molecule has 0 atom stereocenters. The maximum absolute atomic E-state index is 11.5. The molecule has 102 valence electrons. The lowest BCUT2D eigenvalue weighted by atomic mass is 10.2. The second kappa shape index (κ2) is 5.16. The number of hydrogen-bond acceptors (Lipinski definition) is 3. The predicted molar refractivity (Wildman–Crippen MR) is 75.2 cm³/mol. The van der Waals surface area contributed by atoms with E-state index in [1.165, 1.54) is 6.21 Å². The molecule has 6 nitrogen and oxygen atoms in total. The molecule has 0 saturated heterocycles. The number of nitrogens with one attached hydrogen (secondary N) is 3. The van der Waals surface area contributed by atoms with Crippen molar-refractivity contribution in [2.75, 3.05) is 0 Å². The summed E-state index contributed by atoms with van der Waals surface area (Å²) in [5.74, 6) is -1.38. The van der Waals surface area contributed by atoms with Crippen molar-refractivity contribution in [3.8, 4) is 0 Å². The van der Waals surface area contributed by atoms with Gasteiger partial charge in [0, 0.05) is 28.7 Å². The Balaban J connectivity index is 1.62. The van der Waals surface area contributed by atoms with Crippen LogP contribution in [0.2, 0.25) is 0 Å². The summed E-state index contributed by atoms with van der Waals surface area (Å²) >= 11 is 0. The maximum Gasteiger partial charge on any atom is 0.329 e. The lowest BCUT2D eigenvalue weighted by molar-refractivity contribution is -0.139. The van der Waals surface area contributed by atoms with E-state index in [0.29, 0.717) is 0 Å². The monoisotopic (exact) mass is 270 g/mol. The standard InChI is InChI=1S/C14H14N4O2/c19-13(17-10-5-6-10)14(20)18-16-8-9-7-15-12-4-2-1-3-11(9)12/h1-4,7-8,10,15H,5-6H2,(H,17,19)(H,18,20)/b16-8+. The Morgan fingerprint density at radius 3 is 2.85 bits per heavy atom. The number of hydrazone groups is 1. The molecule has 2 aromatic rings. The van der Waals surface area contributed by atoms with E-state index < -0.39 is 11.8 Å². The molecule has 1 aromatic heterocycles. The van der Waals surface area contributed by atoms with Crippen LogP contribution in [0.25, 0.3) is 10.9 Å². The van der Waals surface area contributed by atoms with Crippen LogP contribution in [0.1, 0.15) is 18.4 Å². The van der Waals surface area contributed by atoms with Gasteiger partial charge in [-0.3, -0.25) is 9.59 Å². The highest BCUT2D eigenvalue weighted by molar-refractivity contribution is 6.35. The van der Waals surface area contributed by atoms with Crippen molar-refractivity contribution < 1.29 is 9.59 Å². The minimum atomic E-state index is -0.743. The summed E-state index contributed by atoms with van der Waals surface area (Å²) < 4.78 is 0. The third kappa shape index (κ3) is 2.69. The summed E-state index contributed by atoms with van der Waals surface area (Å²) in [6.07, 6.45) is 5.20. The Hall–Kier alpha value is -2.63. The first-order chi connectivity index (χ1) is 9.74. The highest BCUT2D eigenvalue weighted by Gasteiger charge is 2.26. The summed E-state index contributed by atoms with van der Waals surface area (Å²) in [4.78, 5) is 25.9. The fraction of sp³-hybridized carbons (Fsp3) is 0.214. The third-order valence-corrected chi connectivity index (χ3v) is 3.11. The van der Waals surface area contributed by atoms with E-state index in [4.69, 9.17) is 0 Å². The molecule has 6 heteroatoms. The summed E-state index contributed by atoms with van der Waals surface area (Å²) in [6, 6.07) is 7.92. The minimum Gasteiger partial charge on any atom is -0.361 e. The van der Waals surface area contributed by atoms with Gasteiger partial charge >= 0.3 is 11.8 Å². The van der Waals surface area contributed by atoms with E-state index in [0.717, 1.165) is 29.3 Å². The number of para-hydroxylation sites is 1. The largest absolute Gasteiger partial charge is 0.361 e. The molecule has 3 N–H and O–H groups in total. The third-order valence-electron chi connectivity index (χ3n) is 3.11. The molecule has 1 aromatic carbocycles. The van der Waals surface area contributed by atoms with E-state index in [2.05, 4.69) is 20.8 Å². The number of aromatic amines is 1. The minimum absolute atomic E-state index is 0.158. The van der Waals surface area contributed by atoms with Gasteiger partial charge in [-0.1, -0.05) is 18.2 Å². The molecule has 0 bridgehead atoms. The molecule has 1 saturated carbocycles. The Morgan fingerprint density at radius 2 is 2.05 bits per heavy atom. The van der Waals surface area contributed by atoms with Gasteiger partial charge in [0.25, 0.3) is 0 Å². The lowest BCUT2D eigenvalue weighted by Gasteiger charge is -2.00. The number of fused-ring (bicyclic) bond motifs is 1. The zero-order valence-electron chi connectivity index (χ0n) is 10.7. The van der Waals surface area contributed by atoms with Crippen molar-refractivity contribution in [2.45, 2.75) is 18.9 Å². The van der Waals surface area contributed by atoms with Crippen molar-refractivity contribution in [2.24, 2.45) is 5.10 Å². The number of carbonyl (C=O) groups excluding carboxylic acids is 2. The molecule has 1 aliphatic carbocycles. The number of benzene rings is 1. The summed E-state index contributed by atoms with van der Waals surface area (Å²) in [7, 11) is 0. The highest BCUT2D eigenvalue weighted by atomic mass is 16.2. The SMILES string of the molecule is O=C(N/N=C/c1c[nH]c2ccccc12)C(=O)NC1CC1. The van der Waals surface area contributed by atoms with Crippen LogP contribution in [0.4, 0.5) is 0 Å². The zero-order chi connectivity index (χ0) is 13.9. The van der Waals surface area contributed by atoms with Gasteiger partial charge in [-0.25, -0.2) is 5.43 Å². The van der Waals surface area contributed by atoms with Crippen LogP contribution in [-0.2, 0) is 9.59 Å². The molecular weight excluding hydrogens is 256 g/mol. The van der Waals surface area contributed by atoms with Gasteiger partial charge in [-0.15, -0.1) is 0 Å². The fourth-order valence-electron chi connectivity index (χ4n) is 1.89. The Bertz CT molecular complexity index is 685. The quantitative estimate of drug-likeness (QED) is 0.439. The topological polar surface area (TPSA) is 86.3 Å². The van der Waals surface area contributed by atoms with Crippen LogP contribution in [0.15, 0.2) is 35.6 Å². The normalized spacial score (nSPS) is 14.6. The first-order valence-corrected chi connectivity index (χ1v) is 6.44. The number of H-pyrrole nitrogens is 1. The number of aromatic nitrogens is 1. The molecule has 0 spiro atoms. The molecule has 2 amide bonds. The smallest absolute Gasteiger partial charge is 0.329 e. The Kier molecular flexibility index (Phi) is 3.20. The Labute approximate surface area is 115 Å². The highest BCUT2D eigenvalue weighted by Crippen LogP contribution is 2.18. The average molecular weight is 270 g/mol. The van der Waals surface area contributed by atoms with Crippen molar-refractivity contribution in [1.29, 1.82) is 0 Å². The Morgan fingerprint density at radius 1 is 1.25 bits per heavy atom. The van der Waals surface area contributed by atoms with Gasteiger partial charge in [0.05, 0.1) is 6.21 Å².